The number of halogens is 4. The summed E-state index contributed by atoms with van der Waals surface area (Å²) < 4.78 is 43.4. The third-order valence-electron chi connectivity index (χ3n) is 3.68. The monoisotopic (exact) mass is 390 g/mol. The van der Waals surface area contributed by atoms with Gasteiger partial charge in [-0.2, -0.15) is 13.2 Å². The second kappa shape index (κ2) is 5.63. The molecule has 0 radical (unpaired) electrons. The van der Waals surface area contributed by atoms with Crippen molar-refractivity contribution in [1.29, 1.82) is 0 Å². The van der Waals surface area contributed by atoms with E-state index in [0.717, 1.165) is 25.0 Å². The van der Waals surface area contributed by atoms with Crippen LogP contribution in [0.25, 0.3) is 0 Å². The van der Waals surface area contributed by atoms with Crippen molar-refractivity contribution in [2.24, 2.45) is 0 Å². The van der Waals surface area contributed by atoms with Gasteiger partial charge in [0.1, 0.15) is 5.76 Å². The highest BCUT2D eigenvalue weighted by molar-refractivity contribution is 9.09. The first-order valence-corrected chi connectivity index (χ1v) is 7.64. The largest absolute Gasteiger partial charge is 0.416 e. The molecular weight excluding hydrogens is 381 g/mol. The molecule has 1 heterocycles. The third-order valence-corrected chi connectivity index (χ3v) is 4.66. The molecule has 3 rings (SSSR count). The summed E-state index contributed by atoms with van der Waals surface area (Å²) >= 11 is 3.33. The summed E-state index contributed by atoms with van der Waals surface area (Å²) in [6, 6.07) is 2.50. The molecule has 1 aliphatic carbocycles. The fourth-order valence-electron chi connectivity index (χ4n) is 2.36. The zero-order valence-electron chi connectivity index (χ0n) is 11.5. The molecule has 23 heavy (non-hydrogen) atoms. The molecule has 1 aromatic carbocycles. The van der Waals surface area contributed by atoms with Crippen LogP contribution in [0.5, 0.6) is 0 Å². The summed E-state index contributed by atoms with van der Waals surface area (Å²) in [7, 11) is 0. The van der Waals surface area contributed by atoms with Crippen LogP contribution in [0.3, 0.4) is 0 Å². The van der Waals surface area contributed by atoms with Crippen molar-refractivity contribution in [2.75, 3.05) is 0 Å². The van der Waals surface area contributed by atoms with E-state index in [-0.39, 0.29) is 11.5 Å². The number of nitro benzene ring substituents is 1. The Hall–Kier alpha value is -1.90. The first-order chi connectivity index (χ1) is 10.8. The van der Waals surface area contributed by atoms with Crippen molar-refractivity contribution in [3.63, 3.8) is 0 Å². The van der Waals surface area contributed by atoms with E-state index in [2.05, 4.69) is 21.1 Å². The molecular formula is C14H10BrF3N2O3. The van der Waals surface area contributed by atoms with Gasteiger partial charge in [0.15, 0.2) is 0 Å². The zero-order valence-corrected chi connectivity index (χ0v) is 13.1. The predicted octanol–water partition coefficient (Wildman–Crippen LogP) is 4.96. The Labute approximate surface area is 136 Å². The van der Waals surface area contributed by atoms with Gasteiger partial charge in [-0.1, -0.05) is 27.2 Å². The number of nitrogens with zero attached hydrogens (tertiary/aromatic N) is 2. The Morgan fingerprint density at radius 2 is 2.04 bits per heavy atom. The first-order valence-electron chi connectivity index (χ1n) is 6.73. The highest BCUT2D eigenvalue weighted by Gasteiger charge is 2.36. The Morgan fingerprint density at radius 3 is 2.61 bits per heavy atom. The fourth-order valence-corrected chi connectivity index (χ4v) is 3.09. The maximum atomic E-state index is 12.8. The lowest BCUT2D eigenvalue weighted by atomic mass is 10.0. The van der Waals surface area contributed by atoms with E-state index in [1.165, 1.54) is 6.20 Å². The van der Waals surface area contributed by atoms with Crippen molar-refractivity contribution < 1.29 is 22.6 Å². The van der Waals surface area contributed by atoms with Crippen LogP contribution < -0.4 is 0 Å². The Balaban J connectivity index is 2.04. The van der Waals surface area contributed by atoms with Gasteiger partial charge < -0.3 is 4.52 Å². The average Bonchev–Trinajstić information content (AvgIpc) is 3.22. The minimum atomic E-state index is -4.64. The van der Waals surface area contributed by atoms with Crippen molar-refractivity contribution in [2.45, 2.75) is 29.8 Å². The summed E-state index contributed by atoms with van der Waals surface area (Å²) in [4.78, 5) is 9.71. The van der Waals surface area contributed by atoms with E-state index in [4.69, 9.17) is 4.52 Å². The normalized spacial score (nSPS) is 16.3. The number of aromatic nitrogens is 1. The van der Waals surface area contributed by atoms with Crippen LogP contribution in [0.15, 0.2) is 28.9 Å². The van der Waals surface area contributed by atoms with Crippen LogP contribution in [0, 0.1) is 10.1 Å². The van der Waals surface area contributed by atoms with Crippen molar-refractivity contribution in [1.82, 2.24) is 5.16 Å². The smallest absolute Gasteiger partial charge is 0.361 e. The molecule has 1 unspecified atom stereocenters. The lowest BCUT2D eigenvalue weighted by Gasteiger charge is -2.12. The summed E-state index contributed by atoms with van der Waals surface area (Å²) in [6.07, 6.45) is -1.32. The average molecular weight is 391 g/mol. The number of nitro groups is 1. The zero-order chi connectivity index (χ0) is 16.8. The summed E-state index contributed by atoms with van der Waals surface area (Å²) in [5.41, 5.74) is -0.909. The molecule has 0 amide bonds. The van der Waals surface area contributed by atoms with Crippen LogP contribution in [0.2, 0.25) is 0 Å². The van der Waals surface area contributed by atoms with Gasteiger partial charge in [0.25, 0.3) is 5.69 Å². The molecule has 0 saturated heterocycles. The van der Waals surface area contributed by atoms with E-state index in [1.807, 2.05) is 0 Å². The molecule has 9 heteroatoms. The van der Waals surface area contributed by atoms with E-state index >= 15 is 0 Å². The van der Waals surface area contributed by atoms with Crippen molar-refractivity contribution >= 4 is 21.6 Å². The Morgan fingerprint density at radius 1 is 1.35 bits per heavy atom. The van der Waals surface area contributed by atoms with Crippen LogP contribution in [0.1, 0.15) is 46.0 Å². The molecule has 1 aromatic heterocycles. The molecule has 0 aliphatic heterocycles. The molecule has 1 fully saturated rings. The highest BCUT2D eigenvalue weighted by Crippen LogP contribution is 2.47. The summed E-state index contributed by atoms with van der Waals surface area (Å²) in [5.74, 6) is 0.849. The highest BCUT2D eigenvalue weighted by atomic mass is 79.9. The molecule has 0 bridgehead atoms. The minimum absolute atomic E-state index is 0.133. The molecule has 2 aromatic rings. The summed E-state index contributed by atoms with van der Waals surface area (Å²) in [5, 5.41) is 14.9. The standard InChI is InChI=1S/C14H10BrF3N2O3/c15-12(10-6-19-23-13(10)7-1-2-7)9-4-3-8(14(16,17)18)5-11(9)20(21)22/h3-7,12H,1-2H2. The molecule has 122 valence electrons. The predicted molar refractivity (Wildman–Crippen MR) is 77.3 cm³/mol. The minimum Gasteiger partial charge on any atom is -0.361 e. The van der Waals surface area contributed by atoms with Gasteiger partial charge >= 0.3 is 6.18 Å². The number of benzene rings is 1. The number of rotatable bonds is 4. The lowest BCUT2D eigenvalue weighted by Crippen LogP contribution is -2.08. The van der Waals surface area contributed by atoms with E-state index in [0.29, 0.717) is 17.4 Å². The maximum Gasteiger partial charge on any atom is 0.416 e. The Kier molecular flexibility index (Phi) is 3.91. The van der Waals surface area contributed by atoms with Gasteiger partial charge in [0, 0.05) is 23.1 Å². The molecule has 1 atom stereocenters. The van der Waals surface area contributed by atoms with E-state index in [1.54, 1.807) is 0 Å². The second-order valence-corrected chi connectivity index (χ2v) is 6.23. The van der Waals surface area contributed by atoms with Gasteiger partial charge in [0.05, 0.1) is 21.5 Å². The maximum absolute atomic E-state index is 12.8. The first kappa shape index (κ1) is 16.0. The van der Waals surface area contributed by atoms with Gasteiger partial charge in [-0.25, -0.2) is 0 Å². The fraction of sp³-hybridized carbons (Fsp3) is 0.357. The van der Waals surface area contributed by atoms with Gasteiger partial charge in [0.2, 0.25) is 0 Å². The van der Waals surface area contributed by atoms with Crippen molar-refractivity contribution in [3.05, 3.63) is 57.0 Å². The van der Waals surface area contributed by atoms with Crippen LogP contribution in [0.4, 0.5) is 18.9 Å². The second-order valence-electron chi connectivity index (χ2n) is 5.31. The van der Waals surface area contributed by atoms with Gasteiger partial charge in [-0.05, 0) is 18.9 Å². The van der Waals surface area contributed by atoms with E-state index in [9.17, 15) is 23.3 Å². The van der Waals surface area contributed by atoms with Crippen LogP contribution >= 0.6 is 15.9 Å². The third kappa shape index (κ3) is 3.10. The quantitative estimate of drug-likeness (QED) is 0.420. The SMILES string of the molecule is O=[N+]([O-])c1cc(C(F)(F)F)ccc1C(Br)c1cnoc1C1CC1. The molecule has 5 nitrogen and oxygen atoms in total. The van der Waals surface area contributed by atoms with Crippen LogP contribution in [-0.4, -0.2) is 10.1 Å². The summed E-state index contributed by atoms with van der Waals surface area (Å²) in [6.45, 7) is 0. The number of hydrogen-bond donors (Lipinski definition) is 0. The topological polar surface area (TPSA) is 69.2 Å². The van der Waals surface area contributed by atoms with Gasteiger partial charge in [-0.3, -0.25) is 10.1 Å². The lowest BCUT2D eigenvalue weighted by molar-refractivity contribution is -0.385. The molecule has 0 spiro atoms. The van der Waals surface area contributed by atoms with Crippen LogP contribution in [-0.2, 0) is 6.18 Å². The molecule has 1 saturated carbocycles. The molecule has 1 aliphatic rings. The number of alkyl halides is 4. The van der Waals surface area contributed by atoms with Gasteiger partial charge in [-0.15, -0.1) is 0 Å². The molecule has 0 N–H and O–H groups in total. The Bertz CT molecular complexity index is 756. The van der Waals surface area contributed by atoms with Crippen molar-refractivity contribution in [3.8, 4) is 0 Å². The number of hydrogen-bond acceptors (Lipinski definition) is 4. The van der Waals surface area contributed by atoms with E-state index < -0.39 is 27.2 Å².